The summed E-state index contributed by atoms with van der Waals surface area (Å²) in [6.45, 7) is 2.64. The quantitative estimate of drug-likeness (QED) is 0.700. The van der Waals surface area contributed by atoms with Gasteiger partial charge in [0.1, 0.15) is 5.75 Å². The number of methoxy groups -OCH3 is 1. The number of benzene rings is 2. The summed E-state index contributed by atoms with van der Waals surface area (Å²) in [4.78, 5) is 15.5. The van der Waals surface area contributed by atoms with E-state index < -0.39 is 0 Å². The first-order valence-electron chi connectivity index (χ1n) is 8.23. The van der Waals surface area contributed by atoms with Crippen LogP contribution in [0.5, 0.6) is 5.75 Å². The molecule has 0 unspecified atom stereocenters. The van der Waals surface area contributed by atoms with Crippen LogP contribution < -0.4 is 10.1 Å². The van der Waals surface area contributed by atoms with Crippen LogP contribution in [0.3, 0.4) is 0 Å². The lowest BCUT2D eigenvalue weighted by Crippen LogP contribution is -2.27. The van der Waals surface area contributed by atoms with Crippen molar-refractivity contribution < 1.29 is 9.53 Å². The number of carbonyl (C=O) groups is 1. The predicted molar refractivity (Wildman–Crippen MR) is 101 cm³/mol. The second kappa shape index (κ2) is 7.62. The van der Waals surface area contributed by atoms with E-state index in [2.05, 4.69) is 10.3 Å². The summed E-state index contributed by atoms with van der Waals surface area (Å²) in [6.07, 6.45) is 1.13. The Morgan fingerprint density at radius 2 is 1.96 bits per heavy atom. The van der Waals surface area contributed by atoms with Crippen LogP contribution in [-0.4, -0.2) is 24.5 Å². The standard InChI is InChI=1S/C20H21ClN2O2/c1-13-17(18-12-15(21)5-8-19(18)23-13)9-10-22-20(24)11-14-3-6-16(25-2)7-4-14/h3-8,12,23H,9-11H2,1-2H3,(H,22,24). The molecule has 0 aliphatic rings. The fourth-order valence-corrected chi connectivity index (χ4v) is 3.17. The van der Waals surface area contributed by atoms with Crippen LogP contribution in [0.1, 0.15) is 16.8 Å². The first-order chi connectivity index (χ1) is 12.1. The monoisotopic (exact) mass is 356 g/mol. The maximum atomic E-state index is 12.1. The van der Waals surface area contributed by atoms with Gasteiger partial charge < -0.3 is 15.0 Å². The molecule has 2 aromatic carbocycles. The predicted octanol–water partition coefficient (Wildman–Crippen LogP) is 4.04. The van der Waals surface area contributed by atoms with Crippen LogP contribution in [0.25, 0.3) is 10.9 Å². The number of hydrogen-bond acceptors (Lipinski definition) is 2. The van der Waals surface area contributed by atoms with Gasteiger partial charge in [0.05, 0.1) is 13.5 Å². The smallest absolute Gasteiger partial charge is 0.224 e. The van der Waals surface area contributed by atoms with E-state index in [9.17, 15) is 4.79 Å². The van der Waals surface area contributed by atoms with Gasteiger partial charge in [-0.3, -0.25) is 4.79 Å². The molecule has 0 radical (unpaired) electrons. The number of aryl methyl sites for hydroxylation is 1. The van der Waals surface area contributed by atoms with Crippen molar-refractivity contribution in [2.75, 3.05) is 13.7 Å². The van der Waals surface area contributed by atoms with Gasteiger partial charge in [0.15, 0.2) is 0 Å². The van der Waals surface area contributed by atoms with Crippen LogP contribution in [0.4, 0.5) is 0 Å². The average Bonchev–Trinajstić information content (AvgIpc) is 2.91. The summed E-state index contributed by atoms with van der Waals surface area (Å²) in [5.41, 5.74) is 4.35. The Labute approximate surface area is 152 Å². The summed E-state index contributed by atoms with van der Waals surface area (Å²) in [5, 5.41) is 4.83. The fourth-order valence-electron chi connectivity index (χ4n) is 2.99. The molecule has 0 aliphatic heterocycles. The molecule has 25 heavy (non-hydrogen) atoms. The highest BCUT2D eigenvalue weighted by molar-refractivity contribution is 6.31. The molecule has 130 valence electrons. The number of fused-ring (bicyclic) bond motifs is 1. The Bertz CT molecular complexity index is 885. The molecule has 1 heterocycles. The van der Waals surface area contributed by atoms with Gasteiger partial charge in [-0.05, 0) is 54.8 Å². The third-order valence-electron chi connectivity index (χ3n) is 4.30. The molecule has 0 saturated carbocycles. The maximum absolute atomic E-state index is 12.1. The van der Waals surface area contributed by atoms with Crippen molar-refractivity contribution in [3.63, 3.8) is 0 Å². The molecule has 5 heteroatoms. The molecule has 2 N–H and O–H groups in total. The van der Waals surface area contributed by atoms with E-state index in [-0.39, 0.29) is 5.91 Å². The van der Waals surface area contributed by atoms with Crippen LogP contribution in [0.2, 0.25) is 5.02 Å². The van der Waals surface area contributed by atoms with E-state index in [0.717, 1.165) is 39.4 Å². The zero-order valence-electron chi connectivity index (χ0n) is 14.4. The van der Waals surface area contributed by atoms with Gasteiger partial charge in [-0.1, -0.05) is 23.7 Å². The minimum atomic E-state index is 0.0145. The first kappa shape index (κ1) is 17.4. The van der Waals surface area contributed by atoms with Crippen molar-refractivity contribution >= 4 is 28.4 Å². The number of carbonyl (C=O) groups excluding carboxylic acids is 1. The van der Waals surface area contributed by atoms with Crippen LogP contribution in [0, 0.1) is 6.92 Å². The minimum Gasteiger partial charge on any atom is -0.497 e. The minimum absolute atomic E-state index is 0.0145. The van der Waals surface area contributed by atoms with Crippen molar-refractivity contribution in [2.45, 2.75) is 19.8 Å². The molecule has 0 atom stereocenters. The van der Waals surface area contributed by atoms with Crippen molar-refractivity contribution in [3.8, 4) is 5.75 Å². The summed E-state index contributed by atoms with van der Waals surface area (Å²) in [7, 11) is 1.63. The molecule has 0 bridgehead atoms. The lowest BCUT2D eigenvalue weighted by molar-refractivity contribution is -0.120. The summed E-state index contributed by atoms with van der Waals surface area (Å²) >= 11 is 6.10. The van der Waals surface area contributed by atoms with Crippen LogP contribution in [0.15, 0.2) is 42.5 Å². The second-order valence-corrected chi connectivity index (χ2v) is 6.48. The van der Waals surface area contributed by atoms with Gasteiger partial charge in [-0.15, -0.1) is 0 Å². The number of nitrogens with one attached hydrogen (secondary N) is 2. The number of aromatic nitrogens is 1. The largest absolute Gasteiger partial charge is 0.497 e. The SMILES string of the molecule is COc1ccc(CC(=O)NCCc2c(C)[nH]c3ccc(Cl)cc23)cc1. The highest BCUT2D eigenvalue weighted by Gasteiger charge is 2.10. The van der Waals surface area contributed by atoms with Gasteiger partial charge in [0.25, 0.3) is 0 Å². The summed E-state index contributed by atoms with van der Waals surface area (Å²) in [5.74, 6) is 0.804. The van der Waals surface area contributed by atoms with Crippen molar-refractivity contribution in [1.29, 1.82) is 0 Å². The van der Waals surface area contributed by atoms with Gasteiger partial charge in [0, 0.05) is 28.2 Å². The van der Waals surface area contributed by atoms with E-state index in [1.165, 1.54) is 5.56 Å². The molecule has 1 aromatic heterocycles. The number of H-pyrrole nitrogens is 1. The van der Waals surface area contributed by atoms with E-state index in [1.807, 2.05) is 49.4 Å². The van der Waals surface area contributed by atoms with E-state index >= 15 is 0 Å². The van der Waals surface area contributed by atoms with Gasteiger partial charge in [0.2, 0.25) is 5.91 Å². The molecule has 1 amide bonds. The first-order valence-corrected chi connectivity index (χ1v) is 8.61. The second-order valence-electron chi connectivity index (χ2n) is 6.04. The molecule has 4 nitrogen and oxygen atoms in total. The number of rotatable bonds is 6. The number of amides is 1. The van der Waals surface area contributed by atoms with Crippen LogP contribution in [-0.2, 0) is 17.6 Å². The zero-order chi connectivity index (χ0) is 17.8. The number of halogens is 1. The van der Waals surface area contributed by atoms with Gasteiger partial charge >= 0.3 is 0 Å². The molecular weight excluding hydrogens is 336 g/mol. The van der Waals surface area contributed by atoms with E-state index in [0.29, 0.717) is 13.0 Å². The van der Waals surface area contributed by atoms with Gasteiger partial charge in [-0.2, -0.15) is 0 Å². The molecule has 0 fully saturated rings. The zero-order valence-corrected chi connectivity index (χ0v) is 15.1. The van der Waals surface area contributed by atoms with Crippen LogP contribution >= 0.6 is 11.6 Å². The number of ether oxygens (including phenoxy) is 1. The third kappa shape index (κ3) is 4.15. The molecule has 3 rings (SSSR count). The fraction of sp³-hybridized carbons (Fsp3) is 0.250. The van der Waals surface area contributed by atoms with Crippen molar-refractivity contribution in [1.82, 2.24) is 10.3 Å². The molecular formula is C20H21ClN2O2. The summed E-state index contributed by atoms with van der Waals surface area (Å²) in [6, 6.07) is 13.4. The topological polar surface area (TPSA) is 54.1 Å². The highest BCUT2D eigenvalue weighted by atomic mass is 35.5. The lowest BCUT2D eigenvalue weighted by Gasteiger charge is -2.07. The number of aromatic amines is 1. The molecule has 0 aliphatic carbocycles. The average molecular weight is 357 g/mol. The Morgan fingerprint density at radius 3 is 2.68 bits per heavy atom. The van der Waals surface area contributed by atoms with Gasteiger partial charge in [-0.25, -0.2) is 0 Å². The number of hydrogen-bond donors (Lipinski definition) is 2. The molecule has 0 saturated heterocycles. The van der Waals surface area contributed by atoms with Crippen molar-refractivity contribution in [3.05, 3.63) is 64.3 Å². The highest BCUT2D eigenvalue weighted by Crippen LogP contribution is 2.25. The Kier molecular flexibility index (Phi) is 5.29. The molecule has 3 aromatic rings. The maximum Gasteiger partial charge on any atom is 0.224 e. The Balaban J connectivity index is 1.58. The van der Waals surface area contributed by atoms with E-state index in [1.54, 1.807) is 7.11 Å². The lowest BCUT2D eigenvalue weighted by atomic mass is 10.1. The Morgan fingerprint density at radius 1 is 1.20 bits per heavy atom. The third-order valence-corrected chi connectivity index (χ3v) is 4.54. The molecule has 0 spiro atoms. The van der Waals surface area contributed by atoms with E-state index in [4.69, 9.17) is 16.3 Å². The summed E-state index contributed by atoms with van der Waals surface area (Å²) < 4.78 is 5.12. The Hall–Kier alpha value is -2.46. The van der Waals surface area contributed by atoms with Crippen molar-refractivity contribution in [2.24, 2.45) is 0 Å². The normalized spacial score (nSPS) is 10.8.